The first-order valence-electron chi connectivity index (χ1n) is 7.23. The maximum absolute atomic E-state index is 12.5. The van der Waals surface area contributed by atoms with Gasteiger partial charge in [0.05, 0.1) is 37.0 Å². The number of allylic oxidation sites excluding steroid dienone is 1. The van der Waals surface area contributed by atoms with Crippen LogP contribution in [0.2, 0.25) is 0 Å². The van der Waals surface area contributed by atoms with E-state index in [1.54, 1.807) is 24.3 Å². The number of aromatic nitrogens is 2. The van der Waals surface area contributed by atoms with E-state index in [2.05, 4.69) is 9.97 Å². The van der Waals surface area contributed by atoms with Crippen LogP contribution < -0.4 is 9.47 Å². The molecule has 0 saturated heterocycles. The van der Waals surface area contributed by atoms with Gasteiger partial charge in [0, 0.05) is 0 Å². The zero-order valence-corrected chi connectivity index (χ0v) is 14.0. The number of rotatable bonds is 5. The smallest absolute Gasteiger partial charge is 0.193 e. The maximum atomic E-state index is 12.5. The molecule has 1 aromatic heterocycles. The first-order valence-corrected chi connectivity index (χ1v) is 7.23. The molecule has 120 valence electrons. The van der Waals surface area contributed by atoms with E-state index < -0.39 is 0 Å². The Hall–Kier alpha value is -2.69. The van der Waals surface area contributed by atoms with Crippen molar-refractivity contribution in [1.82, 2.24) is 9.97 Å². The van der Waals surface area contributed by atoms with Crippen LogP contribution in [-0.4, -0.2) is 30.0 Å². The van der Waals surface area contributed by atoms with Crippen LogP contribution in [0.1, 0.15) is 33.1 Å². The first kappa shape index (κ1) is 16.7. The number of ketones is 1. The van der Waals surface area contributed by atoms with Gasteiger partial charge in [-0.2, -0.15) is 0 Å². The highest BCUT2D eigenvalue weighted by atomic mass is 16.5. The summed E-state index contributed by atoms with van der Waals surface area (Å²) >= 11 is 0. The lowest BCUT2D eigenvalue weighted by Gasteiger charge is -2.10. The molecule has 0 aliphatic carbocycles. The van der Waals surface area contributed by atoms with Gasteiger partial charge in [-0.3, -0.25) is 9.78 Å². The minimum Gasteiger partial charge on any atom is -0.496 e. The SMILES string of the molecule is COc1cccc(OC)c1C(=O)/C=C/c1nc(C)c(C)nc1C. The third-order valence-electron chi connectivity index (χ3n) is 3.58. The molecule has 0 aliphatic rings. The number of carbonyl (C=O) groups is 1. The second kappa shape index (κ2) is 7.05. The van der Waals surface area contributed by atoms with Crippen molar-refractivity contribution >= 4 is 11.9 Å². The summed E-state index contributed by atoms with van der Waals surface area (Å²) in [6.45, 7) is 5.67. The number of aryl methyl sites for hydroxylation is 3. The second-order valence-corrected chi connectivity index (χ2v) is 5.10. The van der Waals surface area contributed by atoms with Crippen molar-refractivity contribution in [2.75, 3.05) is 14.2 Å². The molecule has 23 heavy (non-hydrogen) atoms. The maximum Gasteiger partial charge on any atom is 0.193 e. The monoisotopic (exact) mass is 312 g/mol. The lowest BCUT2D eigenvalue weighted by Crippen LogP contribution is -2.03. The molecule has 5 heteroatoms. The summed E-state index contributed by atoms with van der Waals surface area (Å²) < 4.78 is 10.5. The molecule has 0 radical (unpaired) electrons. The normalized spacial score (nSPS) is 10.8. The molecule has 1 heterocycles. The molecular weight excluding hydrogens is 292 g/mol. The Morgan fingerprint density at radius 2 is 1.52 bits per heavy atom. The average molecular weight is 312 g/mol. The Labute approximate surface area is 136 Å². The van der Waals surface area contributed by atoms with Crippen molar-refractivity contribution in [3.8, 4) is 11.5 Å². The fourth-order valence-corrected chi connectivity index (χ4v) is 2.22. The van der Waals surface area contributed by atoms with E-state index in [-0.39, 0.29) is 5.78 Å². The van der Waals surface area contributed by atoms with Crippen LogP contribution >= 0.6 is 0 Å². The fourth-order valence-electron chi connectivity index (χ4n) is 2.22. The molecule has 0 amide bonds. The molecule has 0 N–H and O–H groups in total. The molecule has 0 fully saturated rings. The number of nitrogens with zero attached hydrogens (tertiary/aromatic N) is 2. The average Bonchev–Trinajstić information content (AvgIpc) is 2.55. The molecule has 5 nitrogen and oxygen atoms in total. The van der Waals surface area contributed by atoms with Crippen LogP contribution in [0.5, 0.6) is 11.5 Å². The predicted octanol–water partition coefficient (Wildman–Crippen LogP) is 3.32. The fraction of sp³-hybridized carbons (Fsp3) is 0.278. The van der Waals surface area contributed by atoms with Gasteiger partial charge in [0.25, 0.3) is 0 Å². The zero-order chi connectivity index (χ0) is 17.0. The quantitative estimate of drug-likeness (QED) is 0.626. The molecule has 0 saturated carbocycles. The topological polar surface area (TPSA) is 61.3 Å². The molecule has 0 unspecified atom stereocenters. The molecule has 1 aromatic carbocycles. The van der Waals surface area contributed by atoms with E-state index >= 15 is 0 Å². The Morgan fingerprint density at radius 1 is 0.957 bits per heavy atom. The number of ether oxygens (including phenoxy) is 2. The largest absolute Gasteiger partial charge is 0.496 e. The molecule has 0 spiro atoms. The third-order valence-corrected chi connectivity index (χ3v) is 3.58. The lowest BCUT2D eigenvalue weighted by molar-refractivity contribution is 0.104. The van der Waals surface area contributed by atoms with Crippen molar-refractivity contribution in [3.05, 3.63) is 52.6 Å². The van der Waals surface area contributed by atoms with Gasteiger partial charge in [-0.05, 0) is 45.1 Å². The first-order chi connectivity index (χ1) is 11.0. The molecule has 2 rings (SSSR count). The number of methoxy groups -OCH3 is 2. The van der Waals surface area contributed by atoms with Gasteiger partial charge in [0.15, 0.2) is 5.78 Å². The standard InChI is InChI=1S/C18H20N2O3/c1-11-12(2)20-14(13(3)19-11)9-10-15(21)18-16(22-4)7-6-8-17(18)23-5/h6-10H,1-5H3/b10-9+. The zero-order valence-electron chi connectivity index (χ0n) is 14.0. The van der Waals surface area contributed by atoms with Crippen LogP contribution in [-0.2, 0) is 0 Å². The van der Waals surface area contributed by atoms with Crippen LogP contribution in [0.3, 0.4) is 0 Å². The Bertz CT molecular complexity index is 745. The molecule has 2 aromatic rings. The Balaban J connectivity index is 2.38. The number of benzene rings is 1. The van der Waals surface area contributed by atoms with Crippen molar-refractivity contribution in [2.45, 2.75) is 20.8 Å². The van der Waals surface area contributed by atoms with Crippen LogP contribution in [0, 0.1) is 20.8 Å². The number of hydrogen-bond acceptors (Lipinski definition) is 5. The lowest BCUT2D eigenvalue weighted by atomic mass is 10.1. The summed E-state index contributed by atoms with van der Waals surface area (Å²) in [7, 11) is 3.04. The molecule has 0 bridgehead atoms. The van der Waals surface area contributed by atoms with Gasteiger partial charge in [0.2, 0.25) is 0 Å². The second-order valence-electron chi connectivity index (χ2n) is 5.10. The summed E-state index contributed by atoms with van der Waals surface area (Å²) in [5, 5.41) is 0. The van der Waals surface area contributed by atoms with Gasteiger partial charge in [-0.25, -0.2) is 4.98 Å². The van der Waals surface area contributed by atoms with Gasteiger partial charge < -0.3 is 9.47 Å². The van der Waals surface area contributed by atoms with Crippen molar-refractivity contribution < 1.29 is 14.3 Å². The van der Waals surface area contributed by atoms with Crippen molar-refractivity contribution in [3.63, 3.8) is 0 Å². The number of hydrogen-bond donors (Lipinski definition) is 0. The van der Waals surface area contributed by atoms with Crippen molar-refractivity contribution in [2.24, 2.45) is 0 Å². The van der Waals surface area contributed by atoms with E-state index in [4.69, 9.17) is 9.47 Å². The van der Waals surface area contributed by atoms with E-state index in [0.29, 0.717) is 22.8 Å². The summed E-state index contributed by atoms with van der Waals surface area (Å²) in [6, 6.07) is 5.23. The Kier molecular flexibility index (Phi) is 5.11. The minimum absolute atomic E-state index is 0.210. The third kappa shape index (κ3) is 3.56. The minimum atomic E-state index is -0.210. The van der Waals surface area contributed by atoms with Crippen LogP contribution in [0.25, 0.3) is 6.08 Å². The van der Waals surface area contributed by atoms with Gasteiger partial charge in [0.1, 0.15) is 17.1 Å². The van der Waals surface area contributed by atoms with E-state index in [9.17, 15) is 4.79 Å². The van der Waals surface area contributed by atoms with Crippen LogP contribution in [0.15, 0.2) is 24.3 Å². The van der Waals surface area contributed by atoms with Gasteiger partial charge >= 0.3 is 0 Å². The predicted molar refractivity (Wildman–Crippen MR) is 89.2 cm³/mol. The van der Waals surface area contributed by atoms with Crippen molar-refractivity contribution in [1.29, 1.82) is 0 Å². The molecular formula is C18H20N2O3. The summed E-state index contributed by atoms with van der Waals surface area (Å²) in [4.78, 5) is 21.4. The highest BCUT2D eigenvalue weighted by Crippen LogP contribution is 2.29. The summed E-state index contributed by atoms with van der Waals surface area (Å²) in [6.07, 6.45) is 3.13. The van der Waals surface area contributed by atoms with E-state index in [1.165, 1.54) is 20.3 Å². The highest BCUT2D eigenvalue weighted by molar-refractivity contribution is 6.10. The summed E-state index contributed by atoms with van der Waals surface area (Å²) in [5.74, 6) is 0.738. The highest BCUT2D eigenvalue weighted by Gasteiger charge is 2.16. The van der Waals surface area contributed by atoms with Crippen LogP contribution in [0.4, 0.5) is 0 Å². The van der Waals surface area contributed by atoms with E-state index in [1.807, 2.05) is 20.8 Å². The van der Waals surface area contributed by atoms with Gasteiger partial charge in [-0.15, -0.1) is 0 Å². The molecule has 0 aliphatic heterocycles. The molecule has 0 atom stereocenters. The Morgan fingerprint density at radius 3 is 2.09 bits per heavy atom. The number of carbonyl (C=O) groups excluding carboxylic acids is 1. The summed E-state index contributed by atoms with van der Waals surface area (Å²) in [5.41, 5.74) is 3.58. The van der Waals surface area contributed by atoms with E-state index in [0.717, 1.165) is 17.1 Å². The van der Waals surface area contributed by atoms with Gasteiger partial charge in [-0.1, -0.05) is 6.07 Å².